The fourth-order valence-corrected chi connectivity index (χ4v) is 2.73. The average Bonchev–Trinajstić information content (AvgIpc) is 3.12. The van der Waals surface area contributed by atoms with Gasteiger partial charge in [-0.15, -0.1) is 0 Å². The summed E-state index contributed by atoms with van der Waals surface area (Å²) in [6.45, 7) is 1.83. The molecule has 0 unspecified atom stereocenters. The van der Waals surface area contributed by atoms with E-state index in [0.717, 1.165) is 30.4 Å². The fraction of sp³-hybridized carbons (Fsp3) is 0.312. The SMILES string of the molecule is Cc1onc(-c2ccccc2)c1-c1nc(C2(N)CCC2)no1. The van der Waals surface area contributed by atoms with Crippen molar-refractivity contribution in [1.82, 2.24) is 15.3 Å². The molecule has 3 aromatic rings. The van der Waals surface area contributed by atoms with Crippen molar-refractivity contribution in [3.05, 3.63) is 41.9 Å². The first-order valence-electron chi connectivity index (χ1n) is 7.32. The maximum Gasteiger partial charge on any atom is 0.263 e. The molecule has 0 bridgehead atoms. The highest BCUT2D eigenvalue weighted by Gasteiger charge is 2.39. The van der Waals surface area contributed by atoms with E-state index in [9.17, 15) is 0 Å². The molecular formula is C16H16N4O2. The molecular weight excluding hydrogens is 280 g/mol. The number of rotatable bonds is 3. The zero-order chi connectivity index (χ0) is 15.2. The maximum absolute atomic E-state index is 6.25. The maximum atomic E-state index is 6.25. The van der Waals surface area contributed by atoms with Crippen LogP contribution in [0, 0.1) is 6.92 Å². The van der Waals surface area contributed by atoms with Gasteiger partial charge < -0.3 is 14.8 Å². The lowest BCUT2D eigenvalue weighted by atomic mass is 9.77. The predicted octanol–water partition coefficient (Wildman–Crippen LogP) is 3.04. The van der Waals surface area contributed by atoms with Crippen molar-refractivity contribution in [3.8, 4) is 22.7 Å². The summed E-state index contributed by atoms with van der Waals surface area (Å²) in [5.41, 5.74) is 8.19. The molecule has 0 amide bonds. The lowest BCUT2D eigenvalue weighted by Crippen LogP contribution is -2.44. The van der Waals surface area contributed by atoms with E-state index < -0.39 is 5.54 Å². The molecule has 0 atom stereocenters. The van der Waals surface area contributed by atoms with E-state index in [1.54, 1.807) is 0 Å². The second kappa shape index (κ2) is 4.78. The average molecular weight is 296 g/mol. The Balaban J connectivity index is 1.79. The number of aromatic nitrogens is 3. The second-order valence-electron chi connectivity index (χ2n) is 5.76. The molecule has 6 heteroatoms. The van der Waals surface area contributed by atoms with Crippen LogP contribution in [0.1, 0.15) is 30.8 Å². The predicted molar refractivity (Wildman–Crippen MR) is 79.7 cm³/mol. The molecule has 2 N–H and O–H groups in total. The molecule has 0 aliphatic heterocycles. The molecule has 1 fully saturated rings. The van der Waals surface area contributed by atoms with Gasteiger partial charge in [-0.25, -0.2) is 0 Å². The highest BCUT2D eigenvalue weighted by molar-refractivity contribution is 5.77. The van der Waals surface area contributed by atoms with Gasteiger partial charge in [0.15, 0.2) is 5.82 Å². The van der Waals surface area contributed by atoms with Crippen LogP contribution in [0.15, 0.2) is 39.4 Å². The number of benzene rings is 1. The van der Waals surface area contributed by atoms with Gasteiger partial charge >= 0.3 is 0 Å². The first-order valence-corrected chi connectivity index (χ1v) is 7.32. The van der Waals surface area contributed by atoms with Gasteiger partial charge in [0.1, 0.15) is 17.0 Å². The Hall–Kier alpha value is -2.47. The highest BCUT2D eigenvalue weighted by atomic mass is 16.5. The Morgan fingerprint density at radius 3 is 2.55 bits per heavy atom. The van der Waals surface area contributed by atoms with Crippen molar-refractivity contribution < 1.29 is 9.05 Å². The normalized spacial score (nSPS) is 16.5. The van der Waals surface area contributed by atoms with Gasteiger partial charge in [-0.05, 0) is 26.2 Å². The Bertz CT molecular complexity index is 803. The van der Waals surface area contributed by atoms with E-state index in [2.05, 4.69) is 15.3 Å². The third-order valence-electron chi connectivity index (χ3n) is 4.24. The lowest BCUT2D eigenvalue weighted by Gasteiger charge is -2.34. The molecule has 0 saturated heterocycles. The van der Waals surface area contributed by atoms with Crippen LogP contribution in [0.2, 0.25) is 0 Å². The minimum Gasteiger partial charge on any atom is -0.360 e. The monoisotopic (exact) mass is 296 g/mol. The third kappa shape index (κ3) is 1.95. The van der Waals surface area contributed by atoms with Gasteiger partial charge in [-0.3, -0.25) is 0 Å². The minimum absolute atomic E-state index is 0.407. The quantitative estimate of drug-likeness (QED) is 0.798. The Morgan fingerprint density at radius 2 is 1.86 bits per heavy atom. The third-order valence-corrected chi connectivity index (χ3v) is 4.24. The van der Waals surface area contributed by atoms with Crippen LogP contribution < -0.4 is 5.73 Å². The van der Waals surface area contributed by atoms with Crippen molar-refractivity contribution >= 4 is 0 Å². The van der Waals surface area contributed by atoms with E-state index in [1.807, 2.05) is 37.3 Å². The summed E-state index contributed by atoms with van der Waals surface area (Å²) < 4.78 is 10.8. The number of aryl methyl sites for hydroxylation is 1. The van der Waals surface area contributed by atoms with E-state index in [4.69, 9.17) is 14.8 Å². The summed E-state index contributed by atoms with van der Waals surface area (Å²) >= 11 is 0. The molecule has 6 nitrogen and oxygen atoms in total. The van der Waals surface area contributed by atoms with Crippen molar-refractivity contribution in [2.45, 2.75) is 31.7 Å². The lowest BCUT2D eigenvalue weighted by molar-refractivity contribution is 0.229. The molecule has 0 spiro atoms. The van der Waals surface area contributed by atoms with Crippen molar-refractivity contribution in [1.29, 1.82) is 0 Å². The van der Waals surface area contributed by atoms with E-state index in [0.29, 0.717) is 23.2 Å². The highest BCUT2D eigenvalue weighted by Crippen LogP contribution is 2.39. The van der Waals surface area contributed by atoms with E-state index in [-0.39, 0.29) is 0 Å². The summed E-state index contributed by atoms with van der Waals surface area (Å²) in [6, 6.07) is 9.79. The summed E-state index contributed by atoms with van der Waals surface area (Å²) in [7, 11) is 0. The largest absolute Gasteiger partial charge is 0.360 e. The van der Waals surface area contributed by atoms with Gasteiger partial charge in [0, 0.05) is 5.56 Å². The summed E-state index contributed by atoms with van der Waals surface area (Å²) in [5, 5.41) is 8.20. The van der Waals surface area contributed by atoms with Crippen molar-refractivity contribution in [3.63, 3.8) is 0 Å². The molecule has 2 aromatic heterocycles. The molecule has 1 aromatic carbocycles. The van der Waals surface area contributed by atoms with Gasteiger partial charge in [0.25, 0.3) is 5.89 Å². The van der Waals surface area contributed by atoms with Crippen LogP contribution >= 0.6 is 0 Å². The van der Waals surface area contributed by atoms with E-state index >= 15 is 0 Å². The van der Waals surface area contributed by atoms with Crippen LogP contribution in [0.25, 0.3) is 22.7 Å². The molecule has 2 heterocycles. The molecule has 0 radical (unpaired) electrons. The summed E-state index contributed by atoms with van der Waals surface area (Å²) in [5.74, 6) is 1.62. The van der Waals surface area contributed by atoms with Crippen LogP contribution in [0.4, 0.5) is 0 Å². The molecule has 1 aliphatic rings. The Kier molecular flexibility index (Phi) is 2.87. The number of nitrogens with two attached hydrogens (primary N) is 1. The topological polar surface area (TPSA) is 91.0 Å². The summed E-state index contributed by atoms with van der Waals surface area (Å²) in [6.07, 6.45) is 2.88. The molecule has 1 saturated carbocycles. The summed E-state index contributed by atoms with van der Waals surface area (Å²) in [4.78, 5) is 4.49. The van der Waals surface area contributed by atoms with Crippen molar-refractivity contribution in [2.75, 3.05) is 0 Å². The first-order chi connectivity index (χ1) is 10.7. The van der Waals surface area contributed by atoms with Gasteiger partial charge in [-0.2, -0.15) is 4.98 Å². The Morgan fingerprint density at radius 1 is 1.09 bits per heavy atom. The fourth-order valence-electron chi connectivity index (χ4n) is 2.73. The molecule has 1 aliphatic carbocycles. The van der Waals surface area contributed by atoms with Crippen molar-refractivity contribution in [2.24, 2.45) is 5.73 Å². The Labute approximate surface area is 127 Å². The molecule has 22 heavy (non-hydrogen) atoms. The van der Waals surface area contributed by atoms with E-state index in [1.165, 1.54) is 0 Å². The van der Waals surface area contributed by atoms with Crippen LogP contribution in [-0.4, -0.2) is 15.3 Å². The van der Waals surface area contributed by atoms with Gasteiger partial charge in [0.2, 0.25) is 0 Å². The molecule has 4 rings (SSSR count). The zero-order valence-corrected chi connectivity index (χ0v) is 12.2. The number of hydrogen-bond acceptors (Lipinski definition) is 6. The first kappa shape index (κ1) is 13.2. The van der Waals surface area contributed by atoms with Gasteiger partial charge in [-0.1, -0.05) is 40.6 Å². The standard InChI is InChI=1S/C16H16N4O2/c1-10-12(13(19-21-10)11-6-3-2-4-7-11)14-18-15(20-22-14)16(17)8-5-9-16/h2-4,6-7H,5,8-9,17H2,1H3. The molecule has 112 valence electrons. The van der Waals surface area contributed by atoms with Crippen LogP contribution in [-0.2, 0) is 5.54 Å². The minimum atomic E-state index is -0.445. The van der Waals surface area contributed by atoms with Crippen LogP contribution in [0.3, 0.4) is 0 Å². The number of hydrogen-bond donors (Lipinski definition) is 1. The smallest absolute Gasteiger partial charge is 0.263 e. The zero-order valence-electron chi connectivity index (χ0n) is 12.2. The number of nitrogens with zero attached hydrogens (tertiary/aromatic N) is 3. The van der Waals surface area contributed by atoms with Crippen LogP contribution in [0.5, 0.6) is 0 Å². The second-order valence-corrected chi connectivity index (χ2v) is 5.76. The van der Waals surface area contributed by atoms with Gasteiger partial charge in [0.05, 0.1) is 5.54 Å².